The van der Waals surface area contributed by atoms with Crippen molar-refractivity contribution in [1.82, 2.24) is 0 Å². The van der Waals surface area contributed by atoms with Gasteiger partial charge in [-0.15, -0.1) is 0 Å². The lowest BCUT2D eigenvalue weighted by molar-refractivity contribution is -0.938. The van der Waals surface area contributed by atoms with E-state index < -0.39 is 0 Å². The Morgan fingerprint density at radius 3 is 2.56 bits per heavy atom. The monoisotopic (exact) mass is 343 g/mol. The number of quaternary nitrogens is 1. The Labute approximate surface area is 147 Å². The first-order valence-corrected chi connectivity index (χ1v) is 8.62. The highest BCUT2D eigenvalue weighted by molar-refractivity contribution is 5.94. The van der Waals surface area contributed by atoms with Gasteiger partial charge in [-0.05, 0) is 31.2 Å². The molecule has 0 spiro atoms. The summed E-state index contributed by atoms with van der Waals surface area (Å²) in [6, 6.07) is 14.2. The first-order chi connectivity index (χ1) is 12.1. The van der Waals surface area contributed by atoms with Crippen molar-refractivity contribution in [2.45, 2.75) is 38.4 Å². The number of nitrogens with one attached hydrogen (secondary N) is 2. The number of halogens is 1. The fraction of sp³-hybridized carbons (Fsp3) is 0.350. The highest BCUT2D eigenvalue weighted by atomic mass is 19.1. The maximum atomic E-state index is 13.1. The molecule has 3 rings (SSSR count). The Kier molecular flexibility index (Phi) is 5.34. The van der Waals surface area contributed by atoms with Gasteiger partial charge in [0.25, 0.3) is 5.91 Å². The van der Waals surface area contributed by atoms with E-state index in [1.165, 1.54) is 17.0 Å². The number of rotatable bonds is 7. The number of amides is 1. The lowest BCUT2D eigenvalue weighted by atomic mass is 10.1. The van der Waals surface area contributed by atoms with Crippen molar-refractivity contribution in [2.24, 2.45) is 0 Å². The van der Waals surface area contributed by atoms with E-state index in [9.17, 15) is 9.18 Å². The molecule has 1 amide bonds. The largest absolute Gasteiger partial charge is 0.495 e. The minimum absolute atomic E-state index is 0.0338. The van der Waals surface area contributed by atoms with Crippen molar-refractivity contribution in [3.05, 3.63) is 59.9 Å². The lowest BCUT2D eigenvalue weighted by Gasteiger charge is -2.25. The summed E-state index contributed by atoms with van der Waals surface area (Å²) < 4.78 is 18.4. The molecule has 1 saturated carbocycles. The predicted octanol–water partition coefficient (Wildman–Crippen LogP) is 2.41. The van der Waals surface area contributed by atoms with E-state index in [4.69, 9.17) is 4.74 Å². The number of carbonyl (C=O) groups excluding carboxylic acids is 1. The van der Waals surface area contributed by atoms with Crippen LogP contribution in [0.25, 0.3) is 0 Å². The zero-order chi connectivity index (χ0) is 17.8. The Morgan fingerprint density at radius 1 is 1.24 bits per heavy atom. The number of benzene rings is 2. The molecule has 0 heterocycles. The number of hydrogen-bond donors (Lipinski definition) is 2. The molecule has 2 atom stereocenters. The topological polar surface area (TPSA) is 42.8 Å². The van der Waals surface area contributed by atoms with Gasteiger partial charge in [-0.3, -0.25) is 4.79 Å². The van der Waals surface area contributed by atoms with Crippen molar-refractivity contribution < 1.29 is 18.8 Å². The molecular formula is C20H24FN2O2+. The van der Waals surface area contributed by atoms with Crippen LogP contribution in [0.3, 0.4) is 0 Å². The minimum atomic E-state index is -0.237. The van der Waals surface area contributed by atoms with Crippen molar-refractivity contribution in [2.75, 3.05) is 12.4 Å². The molecule has 0 bridgehead atoms. The summed E-state index contributed by atoms with van der Waals surface area (Å²) in [6.45, 7) is 2.66. The van der Waals surface area contributed by atoms with Crippen LogP contribution in [0.1, 0.15) is 25.3 Å². The van der Waals surface area contributed by atoms with E-state index in [0.717, 1.165) is 18.4 Å². The van der Waals surface area contributed by atoms with Gasteiger partial charge < -0.3 is 15.0 Å². The van der Waals surface area contributed by atoms with Gasteiger partial charge in [0, 0.05) is 18.4 Å². The molecule has 0 aromatic heterocycles. The second kappa shape index (κ2) is 7.66. The molecule has 1 aliphatic rings. The minimum Gasteiger partial charge on any atom is -0.495 e. The van der Waals surface area contributed by atoms with Crippen molar-refractivity contribution in [3.63, 3.8) is 0 Å². The van der Waals surface area contributed by atoms with Crippen LogP contribution in [0.4, 0.5) is 10.1 Å². The molecule has 0 radical (unpaired) electrons. The molecule has 5 heteroatoms. The average Bonchev–Trinajstić information content (AvgIpc) is 3.46. The van der Waals surface area contributed by atoms with Crippen LogP contribution in [-0.2, 0) is 11.3 Å². The third kappa shape index (κ3) is 4.37. The number of hydrogen-bond acceptors (Lipinski definition) is 2. The number of carbonyl (C=O) groups is 1. The van der Waals surface area contributed by atoms with Crippen LogP contribution in [-0.4, -0.2) is 25.1 Å². The van der Waals surface area contributed by atoms with E-state index in [1.54, 1.807) is 19.2 Å². The maximum absolute atomic E-state index is 13.1. The molecule has 1 unspecified atom stereocenters. The van der Waals surface area contributed by atoms with E-state index in [1.807, 2.05) is 31.2 Å². The van der Waals surface area contributed by atoms with Crippen LogP contribution < -0.4 is 15.0 Å². The molecule has 0 saturated heterocycles. The summed E-state index contributed by atoms with van der Waals surface area (Å²) in [7, 11) is 1.59. The first-order valence-electron chi connectivity index (χ1n) is 8.62. The summed E-state index contributed by atoms with van der Waals surface area (Å²) in [5.74, 6) is 0.377. The average molecular weight is 343 g/mol. The van der Waals surface area contributed by atoms with Gasteiger partial charge in [-0.25, -0.2) is 4.39 Å². The second-order valence-electron chi connectivity index (χ2n) is 6.56. The van der Waals surface area contributed by atoms with Crippen LogP contribution in [0.5, 0.6) is 5.75 Å². The number of anilines is 1. The summed E-state index contributed by atoms with van der Waals surface area (Å²) in [5.41, 5.74) is 1.72. The Balaban J connectivity index is 1.70. The molecular weight excluding hydrogens is 319 g/mol. The van der Waals surface area contributed by atoms with E-state index in [2.05, 4.69) is 5.32 Å². The third-order valence-electron chi connectivity index (χ3n) is 4.74. The number of ether oxygens (including phenoxy) is 1. The quantitative estimate of drug-likeness (QED) is 0.811. The van der Waals surface area contributed by atoms with Crippen LogP contribution >= 0.6 is 0 Å². The normalized spacial score (nSPS) is 16.1. The summed E-state index contributed by atoms with van der Waals surface area (Å²) in [4.78, 5) is 14.0. The summed E-state index contributed by atoms with van der Waals surface area (Å²) in [6.07, 6.45) is 2.26. The molecule has 1 fully saturated rings. The van der Waals surface area contributed by atoms with Crippen LogP contribution in [0.15, 0.2) is 48.5 Å². The highest BCUT2D eigenvalue weighted by Gasteiger charge is 2.39. The Hall–Kier alpha value is -2.40. The number of para-hydroxylation sites is 2. The molecule has 2 N–H and O–H groups in total. The van der Waals surface area contributed by atoms with Gasteiger partial charge >= 0.3 is 0 Å². The molecule has 25 heavy (non-hydrogen) atoms. The van der Waals surface area contributed by atoms with Crippen molar-refractivity contribution in [1.29, 1.82) is 0 Å². The zero-order valence-electron chi connectivity index (χ0n) is 14.6. The Morgan fingerprint density at radius 2 is 1.92 bits per heavy atom. The van der Waals surface area contributed by atoms with Gasteiger partial charge in [0.2, 0.25) is 0 Å². The molecule has 4 nitrogen and oxygen atoms in total. The molecule has 132 valence electrons. The Bertz CT molecular complexity index is 729. The standard InChI is InChI=1S/C20H23FN2O2/c1-14(20(24)22-18-5-3-4-6-19(18)25-2)23(17-11-12-17)13-15-7-9-16(21)10-8-15/h3-10,14,17H,11-13H2,1-2H3,(H,22,24)/p+1/t14-/m0/s1. The molecule has 0 aliphatic heterocycles. The lowest BCUT2D eigenvalue weighted by Crippen LogP contribution is -3.16. The smallest absolute Gasteiger partial charge is 0.282 e. The highest BCUT2D eigenvalue weighted by Crippen LogP contribution is 2.23. The number of methoxy groups -OCH3 is 1. The first kappa shape index (κ1) is 17.4. The van der Waals surface area contributed by atoms with Gasteiger partial charge in [-0.2, -0.15) is 0 Å². The zero-order valence-corrected chi connectivity index (χ0v) is 14.6. The van der Waals surface area contributed by atoms with E-state index in [0.29, 0.717) is 24.0 Å². The fourth-order valence-electron chi connectivity index (χ4n) is 3.10. The predicted molar refractivity (Wildman–Crippen MR) is 95.2 cm³/mol. The van der Waals surface area contributed by atoms with E-state index >= 15 is 0 Å². The fourth-order valence-corrected chi connectivity index (χ4v) is 3.10. The van der Waals surface area contributed by atoms with Gasteiger partial charge in [0.05, 0.1) is 18.8 Å². The van der Waals surface area contributed by atoms with Crippen molar-refractivity contribution in [3.8, 4) is 5.75 Å². The van der Waals surface area contributed by atoms with Gasteiger partial charge in [-0.1, -0.05) is 24.3 Å². The third-order valence-corrected chi connectivity index (χ3v) is 4.74. The van der Waals surface area contributed by atoms with E-state index in [-0.39, 0.29) is 17.8 Å². The second-order valence-corrected chi connectivity index (χ2v) is 6.56. The molecule has 2 aromatic carbocycles. The van der Waals surface area contributed by atoms with Crippen LogP contribution in [0.2, 0.25) is 0 Å². The van der Waals surface area contributed by atoms with Crippen LogP contribution in [0, 0.1) is 5.82 Å². The molecule has 1 aliphatic carbocycles. The van der Waals surface area contributed by atoms with Crippen molar-refractivity contribution >= 4 is 11.6 Å². The molecule has 2 aromatic rings. The summed E-state index contributed by atoms with van der Waals surface area (Å²) in [5, 5.41) is 2.97. The SMILES string of the molecule is COc1ccccc1NC(=O)[C@H](C)[NH+](Cc1ccc(F)cc1)C1CC1. The van der Waals surface area contributed by atoms with Gasteiger partial charge in [0.15, 0.2) is 6.04 Å². The maximum Gasteiger partial charge on any atom is 0.282 e. The summed E-state index contributed by atoms with van der Waals surface area (Å²) >= 11 is 0. The van der Waals surface area contributed by atoms with Gasteiger partial charge in [0.1, 0.15) is 18.1 Å².